The number of ether oxygens (including phenoxy) is 1. The molecule has 2 heterocycles. The van der Waals surface area contributed by atoms with Gasteiger partial charge in [-0.25, -0.2) is 9.97 Å². The van der Waals surface area contributed by atoms with E-state index in [-0.39, 0.29) is 5.91 Å². The Morgan fingerprint density at radius 2 is 2.07 bits per heavy atom. The molecule has 0 saturated carbocycles. The van der Waals surface area contributed by atoms with E-state index in [1.807, 2.05) is 41.1 Å². The summed E-state index contributed by atoms with van der Waals surface area (Å²) in [6.45, 7) is 1.31. The number of hydrogen-bond acceptors (Lipinski definition) is 5. The van der Waals surface area contributed by atoms with E-state index in [2.05, 4.69) is 4.98 Å². The van der Waals surface area contributed by atoms with Gasteiger partial charge >= 0.3 is 0 Å². The van der Waals surface area contributed by atoms with Crippen LogP contribution in [-0.4, -0.2) is 34.1 Å². The Kier molecular flexibility index (Phi) is 6.30. The molecular weight excluding hydrogens is 420 g/mol. The van der Waals surface area contributed by atoms with E-state index in [0.717, 1.165) is 23.2 Å². The van der Waals surface area contributed by atoms with Gasteiger partial charge in [-0.2, -0.15) is 0 Å². The van der Waals surface area contributed by atoms with E-state index in [0.29, 0.717) is 34.4 Å². The van der Waals surface area contributed by atoms with Crippen LogP contribution in [0, 0.1) is 0 Å². The van der Waals surface area contributed by atoms with Crippen LogP contribution in [0.25, 0.3) is 10.2 Å². The van der Waals surface area contributed by atoms with Crippen molar-refractivity contribution in [1.29, 1.82) is 0 Å². The quantitative estimate of drug-likeness (QED) is 0.394. The molecule has 2 aromatic carbocycles. The standard InChI is InChI=1S/C22H21ClN4O2S/c1-29-18-9-8-17(23)21-20(18)25-22(30-21)27(12-5-11-26-13-10-24-15-26)19(28)14-16-6-3-2-4-7-16/h2-4,6-10,13,15H,5,11-12,14H2,1H3. The Hall–Kier alpha value is -2.90. The summed E-state index contributed by atoms with van der Waals surface area (Å²) < 4.78 is 8.25. The van der Waals surface area contributed by atoms with Gasteiger partial charge in [0, 0.05) is 25.5 Å². The summed E-state index contributed by atoms with van der Waals surface area (Å²) in [4.78, 5) is 23.8. The van der Waals surface area contributed by atoms with E-state index in [1.165, 1.54) is 11.3 Å². The Morgan fingerprint density at radius 3 is 2.80 bits per heavy atom. The van der Waals surface area contributed by atoms with Crippen LogP contribution < -0.4 is 9.64 Å². The minimum absolute atomic E-state index is 0.000904. The van der Waals surface area contributed by atoms with Gasteiger partial charge in [0.15, 0.2) is 5.13 Å². The van der Waals surface area contributed by atoms with Gasteiger partial charge in [0.05, 0.1) is 29.6 Å². The van der Waals surface area contributed by atoms with Gasteiger partial charge in [-0.3, -0.25) is 9.69 Å². The Labute approximate surface area is 183 Å². The average Bonchev–Trinajstić information content (AvgIpc) is 3.43. The van der Waals surface area contributed by atoms with Gasteiger partial charge in [-0.15, -0.1) is 0 Å². The second-order valence-corrected chi connectivity index (χ2v) is 8.17. The Balaban J connectivity index is 1.62. The van der Waals surface area contributed by atoms with E-state index in [4.69, 9.17) is 21.3 Å². The molecule has 2 aromatic heterocycles. The molecular formula is C22H21ClN4O2S. The van der Waals surface area contributed by atoms with Gasteiger partial charge in [0.2, 0.25) is 5.91 Å². The lowest BCUT2D eigenvalue weighted by atomic mass is 10.1. The lowest BCUT2D eigenvalue weighted by Gasteiger charge is -2.20. The number of methoxy groups -OCH3 is 1. The van der Waals surface area contributed by atoms with Crippen LogP contribution in [-0.2, 0) is 17.8 Å². The molecule has 154 valence electrons. The first-order chi connectivity index (χ1) is 14.7. The van der Waals surface area contributed by atoms with Crippen molar-refractivity contribution in [3.05, 3.63) is 71.8 Å². The number of aryl methyl sites for hydroxylation is 1. The van der Waals surface area contributed by atoms with Gasteiger partial charge in [-0.1, -0.05) is 53.3 Å². The van der Waals surface area contributed by atoms with Crippen molar-refractivity contribution in [2.24, 2.45) is 0 Å². The number of fused-ring (bicyclic) bond motifs is 1. The highest BCUT2D eigenvalue weighted by Crippen LogP contribution is 2.38. The summed E-state index contributed by atoms with van der Waals surface area (Å²) >= 11 is 7.80. The zero-order chi connectivity index (χ0) is 20.9. The van der Waals surface area contributed by atoms with Crippen molar-refractivity contribution in [3.8, 4) is 5.75 Å². The second kappa shape index (κ2) is 9.28. The zero-order valence-electron chi connectivity index (χ0n) is 16.5. The summed E-state index contributed by atoms with van der Waals surface area (Å²) in [7, 11) is 1.60. The van der Waals surface area contributed by atoms with E-state index < -0.39 is 0 Å². The number of hydrogen-bond donors (Lipinski definition) is 0. The third-order valence-corrected chi connectivity index (χ3v) is 6.29. The Bertz CT molecular complexity index is 1130. The number of benzene rings is 2. The van der Waals surface area contributed by atoms with Crippen LogP contribution in [0.1, 0.15) is 12.0 Å². The SMILES string of the molecule is COc1ccc(Cl)c2sc(N(CCCn3ccnc3)C(=O)Cc3ccccc3)nc12. The second-order valence-electron chi connectivity index (χ2n) is 6.79. The van der Waals surface area contributed by atoms with Crippen molar-refractivity contribution in [2.75, 3.05) is 18.6 Å². The zero-order valence-corrected chi connectivity index (χ0v) is 18.1. The van der Waals surface area contributed by atoms with Crippen LogP contribution in [0.5, 0.6) is 5.75 Å². The average molecular weight is 441 g/mol. The first-order valence-corrected chi connectivity index (χ1v) is 10.8. The van der Waals surface area contributed by atoms with Gasteiger partial charge < -0.3 is 9.30 Å². The molecule has 0 fully saturated rings. The molecule has 0 aliphatic rings. The summed E-state index contributed by atoms with van der Waals surface area (Å²) in [6, 6.07) is 13.3. The largest absolute Gasteiger partial charge is 0.494 e. The number of imidazole rings is 1. The fourth-order valence-electron chi connectivity index (χ4n) is 3.24. The highest BCUT2D eigenvalue weighted by molar-refractivity contribution is 7.23. The summed E-state index contributed by atoms with van der Waals surface area (Å²) in [5.41, 5.74) is 1.65. The van der Waals surface area contributed by atoms with E-state index >= 15 is 0 Å². The number of aromatic nitrogens is 3. The number of rotatable bonds is 8. The molecule has 0 aliphatic carbocycles. The maximum atomic E-state index is 13.2. The molecule has 6 nitrogen and oxygen atoms in total. The van der Waals surface area contributed by atoms with Crippen LogP contribution in [0.4, 0.5) is 5.13 Å². The fourth-order valence-corrected chi connectivity index (χ4v) is 4.54. The van der Waals surface area contributed by atoms with E-state index in [1.54, 1.807) is 36.7 Å². The molecule has 4 rings (SSSR count). The number of amides is 1. The fraction of sp³-hybridized carbons (Fsp3) is 0.227. The molecule has 0 N–H and O–H groups in total. The first kappa shape index (κ1) is 20.4. The molecule has 1 amide bonds. The summed E-state index contributed by atoms with van der Waals surface area (Å²) in [6.07, 6.45) is 6.53. The molecule has 0 bridgehead atoms. The molecule has 0 radical (unpaired) electrons. The minimum atomic E-state index is 0.000904. The van der Waals surface area contributed by atoms with Crippen molar-refractivity contribution < 1.29 is 9.53 Å². The summed E-state index contributed by atoms with van der Waals surface area (Å²) in [5, 5.41) is 1.23. The first-order valence-electron chi connectivity index (χ1n) is 9.59. The minimum Gasteiger partial charge on any atom is -0.494 e. The molecule has 0 atom stereocenters. The van der Waals surface area contributed by atoms with E-state index in [9.17, 15) is 4.79 Å². The molecule has 30 heavy (non-hydrogen) atoms. The Morgan fingerprint density at radius 1 is 1.23 bits per heavy atom. The van der Waals surface area contributed by atoms with Crippen LogP contribution in [0.2, 0.25) is 5.02 Å². The monoisotopic (exact) mass is 440 g/mol. The van der Waals surface area contributed by atoms with Crippen molar-refractivity contribution in [1.82, 2.24) is 14.5 Å². The van der Waals surface area contributed by atoms with Crippen LogP contribution in [0.3, 0.4) is 0 Å². The number of halogens is 1. The van der Waals surface area contributed by atoms with Gasteiger partial charge in [0.25, 0.3) is 0 Å². The van der Waals surface area contributed by atoms with Gasteiger partial charge in [-0.05, 0) is 24.1 Å². The highest BCUT2D eigenvalue weighted by Gasteiger charge is 2.22. The molecule has 0 aliphatic heterocycles. The van der Waals surface area contributed by atoms with Gasteiger partial charge in [0.1, 0.15) is 11.3 Å². The predicted octanol–water partition coefficient (Wildman–Crippen LogP) is 4.82. The molecule has 8 heteroatoms. The molecule has 0 spiro atoms. The number of nitrogens with zero attached hydrogens (tertiary/aromatic N) is 4. The smallest absolute Gasteiger partial charge is 0.233 e. The third-order valence-electron chi connectivity index (χ3n) is 4.75. The van der Waals surface area contributed by atoms with Crippen LogP contribution >= 0.6 is 22.9 Å². The lowest BCUT2D eigenvalue weighted by molar-refractivity contribution is -0.118. The molecule has 4 aromatic rings. The molecule has 0 unspecified atom stereocenters. The van der Waals surface area contributed by atoms with Crippen molar-refractivity contribution >= 4 is 44.2 Å². The molecule has 0 saturated heterocycles. The van der Waals surface area contributed by atoms with Crippen molar-refractivity contribution in [3.63, 3.8) is 0 Å². The topological polar surface area (TPSA) is 60.2 Å². The van der Waals surface area contributed by atoms with Crippen LogP contribution in [0.15, 0.2) is 61.2 Å². The normalized spacial score (nSPS) is 11.0. The van der Waals surface area contributed by atoms with Crippen molar-refractivity contribution in [2.45, 2.75) is 19.4 Å². The third kappa shape index (κ3) is 4.47. The summed E-state index contributed by atoms with van der Waals surface area (Å²) in [5.74, 6) is 0.645. The number of carbonyl (C=O) groups is 1. The number of thiazole rings is 1. The maximum Gasteiger partial charge on any atom is 0.233 e. The number of carbonyl (C=O) groups excluding carboxylic acids is 1. The maximum absolute atomic E-state index is 13.2. The predicted molar refractivity (Wildman–Crippen MR) is 121 cm³/mol. The lowest BCUT2D eigenvalue weighted by Crippen LogP contribution is -2.33. The number of anilines is 1. The highest BCUT2D eigenvalue weighted by atomic mass is 35.5.